The fraction of sp³-hybridized carbons (Fsp3) is 0. The Morgan fingerprint density at radius 3 is 2.67 bits per heavy atom. The summed E-state index contributed by atoms with van der Waals surface area (Å²) in [6, 6.07) is 7.79. The quantitative estimate of drug-likeness (QED) is 0.739. The number of hydrogen-bond acceptors (Lipinski definition) is 4. The van der Waals surface area contributed by atoms with Crippen LogP contribution < -0.4 is 5.73 Å². The van der Waals surface area contributed by atoms with Crippen LogP contribution in [-0.4, -0.2) is 20.2 Å². The summed E-state index contributed by atoms with van der Waals surface area (Å²) in [7, 11) is 0. The van der Waals surface area contributed by atoms with E-state index in [4.69, 9.17) is 17.3 Å². The van der Waals surface area contributed by atoms with Gasteiger partial charge in [0.05, 0.1) is 0 Å². The molecule has 0 aliphatic rings. The average molecular weight is 308 g/mol. The molecule has 106 valence electrons. The number of tetrazole rings is 1. The van der Waals surface area contributed by atoms with Gasteiger partial charge in [0.25, 0.3) is 0 Å². The fourth-order valence-electron chi connectivity index (χ4n) is 1.90. The van der Waals surface area contributed by atoms with Crippen LogP contribution in [0, 0.1) is 11.6 Å². The van der Waals surface area contributed by atoms with Crippen molar-refractivity contribution in [1.29, 1.82) is 0 Å². The Labute approximate surface area is 123 Å². The lowest BCUT2D eigenvalue weighted by Crippen LogP contribution is -2.04. The first-order valence-corrected chi connectivity index (χ1v) is 6.23. The summed E-state index contributed by atoms with van der Waals surface area (Å²) < 4.78 is 28.2. The van der Waals surface area contributed by atoms with Gasteiger partial charge >= 0.3 is 0 Å². The molecule has 0 amide bonds. The van der Waals surface area contributed by atoms with E-state index < -0.39 is 11.6 Å². The Balaban J connectivity index is 2.19. The molecule has 21 heavy (non-hydrogen) atoms. The van der Waals surface area contributed by atoms with Gasteiger partial charge < -0.3 is 5.73 Å². The molecule has 0 atom stereocenters. The number of halogens is 3. The molecule has 0 saturated heterocycles. The highest BCUT2D eigenvalue weighted by molar-refractivity contribution is 6.30. The van der Waals surface area contributed by atoms with E-state index in [-0.39, 0.29) is 17.2 Å². The second-order valence-electron chi connectivity index (χ2n) is 4.24. The molecule has 0 saturated carbocycles. The Kier molecular flexibility index (Phi) is 3.26. The van der Waals surface area contributed by atoms with Gasteiger partial charge in [0.15, 0.2) is 5.82 Å². The first-order valence-electron chi connectivity index (χ1n) is 5.85. The normalized spacial score (nSPS) is 10.8. The molecule has 0 spiro atoms. The lowest BCUT2D eigenvalue weighted by Gasteiger charge is -2.08. The van der Waals surface area contributed by atoms with Crippen molar-refractivity contribution in [3.05, 3.63) is 53.1 Å². The van der Waals surface area contributed by atoms with E-state index in [1.54, 1.807) is 0 Å². The number of benzene rings is 2. The number of nitrogens with zero attached hydrogens (tertiary/aromatic N) is 4. The van der Waals surface area contributed by atoms with E-state index in [1.807, 2.05) is 0 Å². The largest absolute Gasteiger partial charge is 0.398 e. The molecule has 0 aliphatic carbocycles. The second kappa shape index (κ2) is 5.10. The van der Waals surface area contributed by atoms with Crippen LogP contribution >= 0.6 is 11.6 Å². The van der Waals surface area contributed by atoms with E-state index in [0.717, 1.165) is 10.7 Å². The molecule has 5 nitrogen and oxygen atoms in total. The molecule has 0 fully saturated rings. The van der Waals surface area contributed by atoms with E-state index in [9.17, 15) is 8.78 Å². The number of aromatic nitrogens is 4. The van der Waals surface area contributed by atoms with Crippen LogP contribution in [0.3, 0.4) is 0 Å². The zero-order valence-corrected chi connectivity index (χ0v) is 11.2. The molecule has 0 aliphatic heterocycles. The van der Waals surface area contributed by atoms with Crippen molar-refractivity contribution < 1.29 is 8.78 Å². The van der Waals surface area contributed by atoms with Crippen molar-refractivity contribution in [3.8, 4) is 17.1 Å². The number of nitrogen functional groups attached to an aromatic ring is 1. The third kappa shape index (κ3) is 2.43. The van der Waals surface area contributed by atoms with Crippen LogP contribution in [-0.2, 0) is 0 Å². The molecule has 0 radical (unpaired) electrons. The third-order valence-electron chi connectivity index (χ3n) is 2.86. The predicted molar refractivity (Wildman–Crippen MR) is 73.9 cm³/mol. The predicted octanol–water partition coefficient (Wildman–Crippen LogP) is 2.84. The fourth-order valence-corrected chi connectivity index (χ4v) is 2.07. The number of hydrogen-bond donors (Lipinski definition) is 1. The van der Waals surface area contributed by atoms with Crippen molar-refractivity contribution in [2.24, 2.45) is 0 Å². The second-order valence-corrected chi connectivity index (χ2v) is 4.68. The van der Waals surface area contributed by atoms with Crippen LogP contribution in [0.25, 0.3) is 17.1 Å². The maximum Gasteiger partial charge on any atom is 0.189 e. The van der Waals surface area contributed by atoms with Gasteiger partial charge in [0.2, 0.25) is 0 Å². The van der Waals surface area contributed by atoms with Crippen LogP contribution in [0.1, 0.15) is 0 Å². The first kappa shape index (κ1) is 13.4. The van der Waals surface area contributed by atoms with E-state index in [0.29, 0.717) is 10.6 Å². The third-order valence-corrected chi connectivity index (χ3v) is 3.10. The molecule has 2 aromatic carbocycles. The number of rotatable bonds is 2. The molecule has 0 unspecified atom stereocenters. The van der Waals surface area contributed by atoms with E-state index >= 15 is 0 Å². The summed E-state index contributed by atoms with van der Waals surface area (Å²) >= 11 is 5.86. The zero-order valence-electron chi connectivity index (χ0n) is 10.5. The monoisotopic (exact) mass is 307 g/mol. The summed E-state index contributed by atoms with van der Waals surface area (Å²) in [5, 5.41) is 11.4. The minimum atomic E-state index is -0.548. The van der Waals surface area contributed by atoms with E-state index in [2.05, 4.69) is 15.5 Å². The molecule has 3 rings (SSSR count). The van der Waals surface area contributed by atoms with Gasteiger partial charge in [-0.2, -0.15) is 4.68 Å². The van der Waals surface area contributed by atoms with Crippen LogP contribution in [0.2, 0.25) is 5.02 Å². The highest BCUT2D eigenvalue weighted by Crippen LogP contribution is 2.27. The SMILES string of the molecule is Nc1cc(F)ccc1-c1nnnn1-c1cc(Cl)ccc1F. The van der Waals surface area contributed by atoms with Crippen molar-refractivity contribution >= 4 is 17.3 Å². The molecule has 0 bridgehead atoms. The van der Waals surface area contributed by atoms with Gasteiger partial charge in [0.1, 0.15) is 17.3 Å². The number of anilines is 1. The Hall–Kier alpha value is -2.54. The zero-order chi connectivity index (χ0) is 15.0. The Bertz CT molecular complexity index is 818. The topological polar surface area (TPSA) is 69.6 Å². The van der Waals surface area contributed by atoms with Gasteiger partial charge in [-0.05, 0) is 46.8 Å². The van der Waals surface area contributed by atoms with Gasteiger partial charge in [-0.1, -0.05) is 11.6 Å². The lowest BCUT2D eigenvalue weighted by molar-refractivity contribution is 0.607. The minimum absolute atomic E-state index is 0.0752. The highest BCUT2D eigenvalue weighted by Gasteiger charge is 2.16. The number of nitrogens with two attached hydrogens (primary N) is 1. The van der Waals surface area contributed by atoms with E-state index in [1.165, 1.54) is 30.3 Å². The molecule has 1 heterocycles. The molecular weight excluding hydrogens is 300 g/mol. The smallest absolute Gasteiger partial charge is 0.189 e. The van der Waals surface area contributed by atoms with Gasteiger partial charge in [-0.3, -0.25) is 0 Å². The summed E-state index contributed by atoms with van der Waals surface area (Å²) in [6.45, 7) is 0. The van der Waals surface area contributed by atoms with Crippen molar-refractivity contribution in [3.63, 3.8) is 0 Å². The Morgan fingerprint density at radius 2 is 1.90 bits per heavy atom. The highest BCUT2D eigenvalue weighted by atomic mass is 35.5. The average Bonchev–Trinajstić information content (AvgIpc) is 2.90. The van der Waals surface area contributed by atoms with Crippen molar-refractivity contribution in [2.45, 2.75) is 0 Å². The molecular formula is C13H8ClF2N5. The summed E-state index contributed by atoms with van der Waals surface area (Å²) in [6.07, 6.45) is 0. The van der Waals surface area contributed by atoms with Gasteiger partial charge in [0, 0.05) is 16.3 Å². The summed E-state index contributed by atoms with van der Waals surface area (Å²) in [5.41, 5.74) is 6.37. The maximum absolute atomic E-state index is 13.9. The van der Waals surface area contributed by atoms with Crippen LogP contribution in [0.5, 0.6) is 0 Å². The summed E-state index contributed by atoms with van der Waals surface area (Å²) in [5.74, 6) is -0.841. The van der Waals surface area contributed by atoms with Crippen LogP contribution in [0.15, 0.2) is 36.4 Å². The molecule has 3 aromatic rings. The lowest BCUT2D eigenvalue weighted by atomic mass is 10.1. The van der Waals surface area contributed by atoms with Gasteiger partial charge in [-0.25, -0.2) is 8.78 Å². The minimum Gasteiger partial charge on any atom is -0.398 e. The standard InChI is InChI=1S/C13H8ClF2N5/c14-7-1-4-10(16)12(5-7)21-13(18-19-20-21)9-3-2-8(15)6-11(9)17/h1-6H,17H2. The molecule has 1 aromatic heterocycles. The van der Waals surface area contributed by atoms with Gasteiger partial charge in [-0.15, -0.1) is 5.10 Å². The maximum atomic E-state index is 13.9. The molecule has 2 N–H and O–H groups in total. The molecule has 8 heteroatoms. The van der Waals surface area contributed by atoms with Crippen LogP contribution in [0.4, 0.5) is 14.5 Å². The van der Waals surface area contributed by atoms with Crippen molar-refractivity contribution in [1.82, 2.24) is 20.2 Å². The Morgan fingerprint density at radius 1 is 1.10 bits per heavy atom. The first-order chi connectivity index (χ1) is 10.1. The summed E-state index contributed by atoms with van der Waals surface area (Å²) in [4.78, 5) is 0. The van der Waals surface area contributed by atoms with Crippen molar-refractivity contribution in [2.75, 3.05) is 5.73 Å².